The van der Waals surface area contributed by atoms with Gasteiger partial charge < -0.3 is 24.2 Å². The number of likely N-dealkylation sites (tertiary alicyclic amines) is 1. The van der Waals surface area contributed by atoms with Gasteiger partial charge in [0.05, 0.1) is 30.9 Å². The summed E-state index contributed by atoms with van der Waals surface area (Å²) in [4.78, 5) is 26.7. The van der Waals surface area contributed by atoms with E-state index in [9.17, 15) is 14.7 Å². The summed E-state index contributed by atoms with van der Waals surface area (Å²) in [5.74, 6) is 1.07. The number of nitrogens with zero attached hydrogens (tertiary/aromatic N) is 1. The monoisotopic (exact) mass is 439 g/mol. The topological polar surface area (TPSA) is 85.3 Å². The molecule has 1 amide bonds. The maximum Gasteiger partial charge on any atom is 0.254 e. The molecule has 1 fully saturated rings. The second-order valence-electron chi connectivity index (χ2n) is 7.46. The first-order valence-electron chi connectivity index (χ1n) is 10.7. The first-order valence-corrected chi connectivity index (χ1v) is 10.7. The van der Waals surface area contributed by atoms with Gasteiger partial charge in [0.2, 0.25) is 0 Å². The summed E-state index contributed by atoms with van der Waals surface area (Å²) in [6.07, 6.45) is 4.82. The van der Waals surface area contributed by atoms with E-state index < -0.39 is 0 Å². The van der Waals surface area contributed by atoms with Gasteiger partial charge in [-0.3, -0.25) is 9.59 Å². The number of methoxy groups -OCH3 is 1. The zero-order valence-electron chi connectivity index (χ0n) is 18.5. The Balaban J connectivity index is 1.87. The molecule has 0 aromatic heterocycles. The second-order valence-corrected chi connectivity index (χ2v) is 7.46. The number of carbonyl (C=O) groups excluding carboxylic acids is 2. The molecule has 7 nitrogen and oxygen atoms in total. The molecular weight excluding hydrogens is 410 g/mol. The molecule has 0 saturated carbocycles. The van der Waals surface area contributed by atoms with E-state index in [1.807, 2.05) is 6.92 Å². The van der Waals surface area contributed by atoms with Gasteiger partial charge in [-0.15, -0.1) is 0 Å². The average molecular weight is 440 g/mol. The van der Waals surface area contributed by atoms with Crippen molar-refractivity contribution in [1.29, 1.82) is 0 Å². The molecule has 0 unspecified atom stereocenters. The van der Waals surface area contributed by atoms with Gasteiger partial charge in [-0.25, -0.2) is 0 Å². The van der Waals surface area contributed by atoms with Gasteiger partial charge in [-0.1, -0.05) is 18.7 Å². The van der Waals surface area contributed by atoms with Gasteiger partial charge in [0.15, 0.2) is 17.8 Å². The van der Waals surface area contributed by atoms with Crippen LogP contribution in [0.4, 0.5) is 0 Å². The zero-order chi connectivity index (χ0) is 23.1. The SMILES string of the molecule is C=Cc1c(C(=O)N2CCCC[C@H]2COc2cccc(O)c2C=O)ccc(OC)c1OCC. The normalized spacial score (nSPS) is 15.7. The van der Waals surface area contributed by atoms with Crippen LogP contribution in [0.2, 0.25) is 0 Å². The van der Waals surface area contributed by atoms with Crippen LogP contribution in [0.3, 0.4) is 0 Å². The lowest BCUT2D eigenvalue weighted by molar-refractivity contribution is 0.0526. The number of hydrogen-bond acceptors (Lipinski definition) is 6. The van der Waals surface area contributed by atoms with E-state index in [1.54, 1.807) is 42.4 Å². The Hall–Kier alpha value is -3.48. The molecule has 0 aliphatic carbocycles. The summed E-state index contributed by atoms with van der Waals surface area (Å²) in [7, 11) is 1.55. The highest BCUT2D eigenvalue weighted by Crippen LogP contribution is 2.36. The molecule has 1 N–H and O–H groups in total. The van der Waals surface area contributed by atoms with Crippen molar-refractivity contribution in [3.8, 4) is 23.0 Å². The van der Waals surface area contributed by atoms with Crippen LogP contribution in [0.25, 0.3) is 6.08 Å². The fourth-order valence-electron chi connectivity index (χ4n) is 3.98. The molecule has 3 rings (SSSR count). The van der Waals surface area contributed by atoms with E-state index in [0.717, 1.165) is 19.3 Å². The predicted octanol–water partition coefficient (Wildman–Crippen LogP) is 4.33. The molecule has 2 aromatic rings. The second kappa shape index (κ2) is 10.7. The number of phenols is 1. The zero-order valence-corrected chi connectivity index (χ0v) is 18.5. The van der Waals surface area contributed by atoms with Gasteiger partial charge in [0.25, 0.3) is 5.91 Å². The molecule has 0 radical (unpaired) electrons. The van der Waals surface area contributed by atoms with Gasteiger partial charge in [-0.2, -0.15) is 0 Å². The Morgan fingerprint density at radius 2 is 2.00 bits per heavy atom. The summed E-state index contributed by atoms with van der Waals surface area (Å²) in [5, 5.41) is 9.88. The fourth-order valence-corrected chi connectivity index (χ4v) is 3.98. The largest absolute Gasteiger partial charge is 0.507 e. The smallest absolute Gasteiger partial charge is 0.254 e. The van der Waals surface area contributed by atoms with Crippen molar-refractivity contribution in [3.63, 3.8) is 0 Å². The van der Waals surface area contributed by atoms with Crippen LogP contribution in [-0.4, -0.2) is 55.1 Å². The molecule has 1 saturated heterocycles. The number of rotatable bonds is 9. The summed E-state index contributed by atoms with van der Waals surface area (Å²) in [6.45, 7) is 6.98. The molecule has 170 valence electrons. The molecule has 2 aromatic carbocycles. The van der Waals surface area contributed by atoms with E-state index in [2.05, 4.69) is 6.58 Å². The molecule has 1 atom stereocenters. The Kier molecular flexibility index (Phi) is 7.76. The number of ether oxygens (including phenoxy) is 3. The third-order valence-electron chi connectivity index (χ3n) is 5.58. The number of hydrogen-bond donors (Lipinski definition) is 1. The third kappa shape index (κ3) is 4.72. The van der Waals surface area contributed by atoms with Gasteiger partial charge in [0.1, 0.15) is 18.1 Å². The van der Waals surface area contributed by atoms with E-state index in [0.29, 0.717) is 47.8 Å². The maximum atomic E-state index is 13.6. The van der Waals surface area contributed by atoms with Crippen molar-refractivity contribution < 1.29 is 28.9 Å². The van der Waals surface area contributed by atoms with Crippen LogP contribution in [0, 0.1) is 0 Å². The summed E-state index contributed by atoms with van der Waals surface area (Å²) in [5.41, 5.74) is 1.19. The summed E-state index contributed by atoms with van der Waals surface area (Å²) < 4.78 is 17.0. The number of aldehydes is 1. The van der Waals surface area contributed by atoms with E-state index >= 15 is 0 Å². The van der Waals surface area contributed by atoms with E-state index in [4.69, 9.17) is 14.2 Å². The Morgan fingerprint density at radius 3 is 2.69 bits per heavy atom. The van der Waals surface area contributed by atoms with Gasteiger partial charge in [-0.05, 0) is 50.5 Å². The van der Waals surface area contributed by atoms with E-state index in [1.165, 1.54) is 6.07 Å². The van der Waals surface area contributed by atoms with Crippen molar-refractivity contribution >= 4 is 18.3 Å². The molecule has 1 aliphatic rings. The minimum absolute atomic E-state index is 0.103. The molecular formula is C25H29NO6. The Labute approximate surface area is 188 Å². The van der Waals surface area contributed by atoms with Crippen molar-refractivity contribution in [1.82, 2.24) is 4.90 Å². The van der Waals surface area contributed by atoms with Gasteiger partial charge >= 0.3 is 0 Å². The third-order valence-corrected chi connectivity index (χ3v) is 5.58. The minimum atomic E-state index is -0.173. The highest BCUT2D eigenvalue weighted by molar-refractivity contribution is 5.99. The van der Waals surface area contributed by atoms with Crippen LogP contribution < -0.4 is 14.2 Å². The molecule has 0 spiro atoms. The van der Waals surface area contributed by atoms with Crippen molar-refractivity contribution in [2.24, 2.45) is 0 Å². The lowest BCUT2D eigenvalue weighted by atomic mass is 9.98. The minimum Gasteiger partial charge on any atom is -0.507 e. The Morgan fingerprint density at radius 1 is 1.19 bits per heavy atom. The van der Waals surface area contributed by atoms with Crippen LogP contribution in [-0.2, 0) is 0 Å². The highest BCUT2D eigenvalue weighted by Gasteiger charge is 2.30. The quantitative estimate of drug-likeness (QED) is 0.586. The Bertz CT molecular complexity index is 987. The first kappa shape index (κ1) is 23.2. The molecule has 1 heterocycles. The van der Waals surface area contributed by atoms with Crippen LogP contribution in [0.5, 0.6) is 23.0 Å². The lowest BCUT2D eigenvalue weighted by Gasteiger charge is -2.36. The number of benzene rings is 2. The average Bonchev–Trinajstić information content (AvgIpc) is 2.82. The van der Waals surface area contributed by atoms with Crippen LogP contribution in [0.15, 0.2) is 36.9 Å². The summed E-state index contributed by atoms with van der Waals surface area (Å²) in [6, 6.07) is 7.96. The molecule has 1 aliphatic heterocycles. The van der Waals surface area contributed by atoms with E-state index in [-0.39, 0.29) is 29.9 Å². The van der Waals surface area contributed by atoms with Crippen LogP contribution >= 0.6 is 0 Å². The van der Waals surface area contributed by atoms with Crippen molar-refractivity contribution in [3.05, 3.63) is 53.6 Å². The van der Waals surface area contributed by atoms with Crippen LogP contribution in [0.1, 0.15) is 52.5 Å². The van der Waals surface area contributed by atoms with Crippen molar-refractivity contribution in [2.45, 2.75) is 32.2 Å². The number of carbonyl (C=O) groups is 2. The number of amides is 1. The number of phenolic OH excluding ortho intramolecular Hbond substituents is 1. The molecule has 7 heteroatoms. The van der Waals surface area contributed by atoms with Crippen molar-refractivity contribution in [2.75, 3.05) is 26.9 Å². The maximum absolute atomic E-state index is 13.6. The predicted molar refractivity (Wildman–Crippen MR) is 122 cm³/mol. The fraction of sp³-hybridized carbons (Fsp3) is 0.360. The highest BCUT2D eigenvalue weighted by atomic mass is 16.5. The lowest BCUT2D eigenvalue weighted by Crippen LogP contribution is -2.47. The number of aromatic hydroxyl groups is 1. The standard InChI is InChI=1S/C25H29NO6/c1-4-18-19(12-13-23(30-3)24(18)31-5-2)25(29)26-14-7-6-9-17(26)16-32-22-11-8-10-21(28)20(22)15-27/h4,8,10-13,15,17,28H,1,5-7,9,14,16H2,2-3H3/t17-/m0/s1. The van der Waals surface area contributed by atoms with Gasteiger partial charge in [0, 0.05) is 12.1 Å². The summed E-state index contributed by atoms with van der Waals surface area (Å²) >= 11 is 0. The molecule has 32 heavy (non-hydrogen) atoms. The molecule has 0 bridgehead atoms. The first-order chi connectivity index (χ1) is 15.5. The number of piperidine rings is 1.